The number of amides is 2. The molecule has 1 aliphatic rings. The average molecular weight is 217 g/mol. The van der Waals surface area contributed by atoms with Crippen molar-refractivity contribution in [1.82, 2.24) is 5.32 Å². The van der Waals surface area contributed by atoms with Crippen molar-refractivity contribution in [2.45, 2.75) is 26.7 Å². The Kier molecular flexibility index (Phi) is 2.77. The van der Waals surface area contributed by atoms with Gasteiger partial charge in [-0.2, -0.15) is 0 Å². The molecule has 1 heterocycles. The van der Waals surface area contributed by atoms with Crippen molar-refractivity contribution in [2.24, 2.45) is 5.92 Å². The molecule has 1 aromatic carbocycles. The minimum atomic E-state index is -0.188. The molecule has 1 unspecified atom stereocenters. The minimum absolute atomic E-state index is 0.132. The van der Waals surface area contributed by atoms with Gasteiger partial charge in [-0.15, -0.1) is 0 Å². The highest BCUT2D eigenvalue weighted by Gasteiger charge is 2.30. The summed E-state index contributed by atoms with van der Waals surface area (Å²) >= 11 is 0. The quantitative estimate of drug-likeness (QED) is 0.763. The maximum Gasteiger partial charge on any atom is 0.230 e. The number of carbonyl (C=O) groups excluding carboxylic acids is 2. The molecule has 3 nitrogen and oxygen atoms in total. The largest absolute Gasteiger partial charge is 0.296 e. The Hall–Kier alpha value is -1.64. The lowest BCUT2D eigenvalue weighted by molar-refractivity contribution is -0.125. The zero-order valence-corrected chi connectivity index (χ0v) is 9.54. The van der Waals surface area contributed by atoms with Gasteiger partial charge >= 0.3 is 0 Å². The van der Waals surface area contributed by atoms with Crippen molar-refractivity contribution < 1.29 is 9.59 Å². The van der Waals surface area contributed by atoms with Crippen LogP contribution < -0.4 is 5.32 Å². The van der Waals surface area contributed by atoms with Gasteiger partial charge in [0.1, 0.15) is 0 Å². The van der Waals surface area contributed by atoms with Gasteiger partial charge in [-0.05, 0) is 37.0 Å². The van der Waals surface area contributed by atoms with Crippen LogP contribution in [0.1, 0.15) is 23.1 Å². The van der Waals surface area contributed by atoms with Crippen LogP contribution in [0.4, 0.5) is 0 Å². The molecule has 1 atom stereocenters. The number of carbonyl (C=O) groups is 2. The molecule has 0 spiro atoms. The molecule has 1 fully saturated rings. The fourth-order valence-corrected chi connectivity index (χ4v) is 2.19. The fourth-order valence-electron chi connectivity index (χ4n) is 2.19. The lowest BCUT2D eigenvalue weighted by Crippen LogP contribution is -2.23. The monoisotopic (exact) mass is 217 g/mol. The van der Waals surface area contributed by atoms with E-state index in [0.717, 1.165) is 0 Å². The molecule has 0 bridgehead atoms. The zero-order valence-electron chi connectivity index (χ0n) is 9.54. The van der Waals surface area contributed by atoms with E-state index in [1.54, 1.807) is 0 Å². The second-order valence-corrected chi connectivity index (χ2v) is 4.39. The van der Waals surface area contributed by atoms with Crippen molar-refractivity contribution in [3.63, 3.8) is 0 Å². The van der Waals surface area contributed by atoms with Crippen molar-refractivity contribution >= 4 is 11.8 Å². The Morgan fingerprint density at radius 3 is 2.38 bits per heavy atom. The number of benzene rings is 1. The van der Waals surface area contributed by atoms with E-state index >= 15 is 0 Å². The molecule has 0 aliphatic carbocycles. The van der Waals surface area contributed by atoms with Gasteiger partial charge in [0.05, 0.1) is 5.92 Å². The van der Waals surface area contributed by atoms with Gasteiger partial charge in [0.25, 0.3) is 0 Å². The fraction of sp³-hybridized carbons (Fsp3) is 0.385. The summed E-state index contributed by atoms with van der Waals surface area (Å²) in [6, 6.07) is 6.09. The highest BCUT2D eigenvalue weighted by molar-refractivity contribution is 6.03. The number of nitrogens with one attached hydrogen (secondary N) is 1. The second kappa shape index (κ2) is 4.08. The highest BCUT2D eigenvalue weighted by Crippen LogP contribution is 2.22. The molecule has 1 saturated heterocycles. The summed E-state index contributed by atoms with van der Waals surface area (Å²) in [4.78, 5) is 22.6. The summed E-state index contributed by atoms with van der Waals surface area (Å²) < 4.78 is 0. The molecular formula is C13H15NO2. The Bertz CT molecular complexity index is 431. The first kappa shape index (κ1) is 10.9. The van der Waals surface area contributed by atoms with Crippen LogP contribution in [0.25, 0.3) is 0 Å². The standard InChI is InChI=1S/C13H15NO2/c1-8-4-3-5-9(2)11(8)6-10-7-12(15)14-13(10)16/h3-5,10H,6-7H2,1-2H3,(H,14,15,16). The summed E-state index contributed by atoms with van der Waals surface area (Å²) in [5.41, 5.74) is 3.57. The molecule has 0 saturated carbocycles. The Labute approximate surface area is 94.9 Å². The first-order valence-electron chi connectivity index (χ1n) is 5.46. The number of rotatable bonds is 2. The highest BCUT2D eigenvalue weighted by atomic mass is 16.2. The average Bonchev–Trinajstić information content (AvgIpc) is 2.51. The van der Waals surface area contributed by atoms with Gasteiger partial charge in [-0.3, -0.25) is 14.9 Å². The Balaban J connectivity index is 2.21. The van der Waals surface area contributed by atoms with Crippen LogP contribution in [0.15, 0.2) is 18.2 Å². The van der Waals surface area contributed by atoms with Crippen LogP contribution in [-0.4, -0.2) is 11.8 Å². The van der Waals surface area contributed by atoms with E-state index < -0.39 is 0 Å². The third-order valence-electron chi connectivity index (χ3n) is 3.16. The lowest BCUT2D eigenvalue weighted by atomic mass is 9.92. The maximum atomic E-state index is 11.5. The first-order valence-corrected chi connectivity index (χ1v) is 5.46. The van der Waals surface area contributed by atoms with Crippen molar-refractivity contribution in [2.75, 3.05) is 0 Å². The molecule has 2 amide bonds. The third-order valence-corrected chi connectivity index (χ3v) is 3.16. The van der Waals surface area contributed by atoms with Gasteiger partial charge in [0.2, 0.25) is 11.8 Å². The molecule has 0 aromatic heterocycles. The topological polar surface area (TPSA) is 46.2 Å². The number of aryl methyl sites for hydroxylation is 2. The van der Waals surface area contributed by atoms with Gasteiger partial charge in [-0.1, -0.05) is 18.2 Å². The Morgan fingerprint density at radius 1 is 1.25 bits per heavy atom. The van der Waals surface area contributed by atoms with E-state index in [2.05, 4.69) is 5.32 Å². The van der Waals surface area contributed by atoms with E-state index in [0.29, 0.717) is 12.8 Å². The van der Waals surface area contributed by atoms with Crippen molar-refractivity contribution in [3.05, 3.63) is 34.9 Å². The van der Waals surface area contributed by atoms with Crippen LogP contribution in [-0.2, 0) is 16.0 Å². The molecular weight excluding hydrogens is 202 g/mol. The summed E-state index contributed by atoms with van der Waals surface area (Å²) in [6.45, 7) is 4.08. The number of hydrogen-bond donors (Lipinski definition) is 1. The molecule has 3 heteroatoms. The molecule has 0 radical (unpaired) electrons. The first-order chi connectivity index (χ1) is 7.58. The normalized spacial score (nSPS) is 20.0. The molecule has 1 aliphatic heterocycles. The van der Waals surface area contributed by atoms with Crippen molar-refractivity contribution in [3.8, 4) is 0 Å². The predicted molar refractivity (Wildman–Crippen MR) is 60.9 cm³/mol. The number of hydrogen-bond acceptors (Lipinski definition) is 2. The summed E-state index contributed by atoms with van der Waals surface area (Å²) in [7, 11) is 0. The smallest absolute Gasteiger partial charge is 0.230 e. The number of imide groups is 1. The predicted octanol–water partition coefficient (Wildman–Crippen LogP) is 1.51. The van der Waals surface area contributed by atoms with Crippen LogP contribution in [0.3, 0.4) is 0 Å². The second-order valence-electron chi connectivity index (χ2n) is 4.39. The van der Waals surface area contributed by atoms with Gasteiger partial charge < -0.3 is 0 Å². The molecule has 16 heavy (non-hydrogen) atoms. The van der Waals surface area contributed by atoms with E-state index in [4.69, 9.17) is 0 Å². The summed E-state index contributed by atoms with van der Waals surface area (Å²) in [5.74, 6) is -0.471. The molecule has 1 aromatic rings. The van der Waals surface area contributed by atoms with Crippen LogP contribution in [0.2, 0.25) is 0 Å². The Morgan fingerprint density at radius 2 is 1.88 bits per heavy atom. The van der Waals surface area contributed by atoms with Gasteiger partial charge in [-0.25, -0.2) is 0 Å². The minimum Gasteiger partial charge on any atom is -0.296 e. The van der Waals surface area contributed by atoms with E-state index in [-0.39, 0.29) is 17.7 Å². The van der Waals surface area contributed by atoms with Gasteiger partial charge in [0.15, 0.2) is 0 Å². The van der Waals surface area contributed by atoms with Crippen LogP contribution >= 0.6 is 0 Å². The molecule has 2 rings (SSSR count). The molecule has 84 valence electrons. The SMILES string of the molecule is Cc1cccc(C)c1CC1CC(=O)NC1=O. The van der Waals surface area contributed by atoms with Crippen molar-refractivity contribution in [1.29, 1.82) is 0 Å². The van der Waals surface area contributed by atoms with E-state index in [9.17, 15) is 9.59 Å². The molecule has 1 N–H and O–H groups in total. The lowest BCUT2D eigenvalue weighted by Gasteiger charge is -2.12. The van der Waals surface area contributed by atoms with E-state index in [1.807, 2.05) is 32.0 Å². The maximum absolute atomic E-state index is 11.5. The summed E-state index contributed by atoms with van der Waals surface area (Å²) in [6.07, 6.45) is 0.989. The van der Waals surface area contributed by atoms with Crippen LogP contribution in [0.5, 0.6) is 0 Å². The zero-order chi connectivity index (χ0) is 11.7. The van der Waals surface area contributed by atoms with E-state index in [1.165, 1.54) is 16.7 Å². The third kappa shape index (κ3) is 1.98. The summed E-state index contributed by atoms with van der Waals surface area (Å²) in [5, 5.41) is 2.35. The van der Waals surface area contributed by atoms with Gasteiger partial charge in [0, 0.05) is 6.42 Å². The van der Waals surface area contributed by atoms with Crippen LogP contribution in [0, 0.1) is 19.8 Å².